The molecule has 0 bridgehead atoms. The van der Waals surface area contributed by atoms with Crippen LogP contribution in [0.4, 0.5) is 0 Å². The molecule has 1 N–H and O–H groups in total. The molecule has 0 amide bonds. The van der Waals surface area contributed by atoms with Gasteiger partial charge in [0.25, 0.3) is 0 Å². The zero-order chi connectivity index (χ0) is 20.6. The van der Waals surface area contributed by atoms with Crippen LogP contribution in [0.15, 0.2) is 17.1 Å². The number of rotatable bonds is 8. The number of hydrogen-bond donors (Lipinski definition) is 1. The van der Waals surface area contributed by atoms with E-state index in [1.165, 1.54) is 32.4 Å². The first-order valence-corrected chi connectivity index (χ1v) is 10.8. The molecule has 7 heteroatoms. The van der Waals surface area contributed by atoms with Crippen LogP contribution in [0.3, 0.4) is 0 Å². The fourth-order valence-electron chi connectivity index (χ4n) is 4.36. The molecule has 1 atom stereocenters. The zero-order valence-electron chi connectivity index (χ0n) is 18.4. The number of aliphatic imine (C=N–C) groups is 1. The van der Waals surface area contributed by atoms with Gasteiger partial charge in [-0.15, -0.1) is 0 Å². The van der Waals surface area contributed by atoms with E-state index in [0.717, 1.165) is 54.8 Å². The van der Waals surface area contributed by atoms with Gasteiger partial charge in [0.15, 0.2) is 5.96 Å². The Morgan fingerprint density at radius 3 is 2.34 bits per heavy atom. The van der Waals surface area contributed by atoms with E-state index in [-0.39, 0.29) is 0 Å². The molecule has 2 aliphatic rings. The first-order chi connectivity index (χ1) is 14.2. The largest absolute Gasteiger partial charge is 0.496 e. The van der Waals surface area contributed by atoms with Crippen molar-refractivity contribution in [2.24, 2.45) is 4.99 Å². The van der Waals surface area contributed by atoms with E-state index in [1.807, 2.05) is 12.1 Å². The lowest BCUT2D eigenvalue weighted by Gasteiger charge is -2.25. The minimum atomic E-state index is 0.670. The maximum absolute atomic E-state index is 5.57. The first-order valence-electron chi connectivity index (χ1n) is 10.8. The van der Waals surface area contributed by atoms with Gasteiger partial charge in [0.1, 0.15) is 17.2 Å². The molecule has 2 heterocycles. The van der Waals surface area contributed by atoms with Crippen LogP contribution in [0.5, 0.6) is 17.2 Å². The third-order valence-electron chi connectivity index (χ3n) is 5.90. The van der Waals surface area contributed by atoms with Crippen molar-refractivity contribution in [2.45, 2.75) is 38.6 Å². The Bertz CT molecular complexity index is 664. The van der Waals surface area contributed by atoms with Crippen LogP contribution in [-0.4, -0.2) is 82.4 Å². The van der Waals surface area contributed by atoms with Gasteiger partial charge in [0, 0.05) is 49.9 Å². The number of guanidine groups is 1. The van der Waals surface area contributed by atoms with E-state index in [4.69, 9.17) is 19.2 Å². The van der Waals surface area contributed by atoms with Gasteiger partial charge in [0.05, 0.1) is 21.3 Å². The Labute approximate surface area is 175 Å². The van der Waals surface area contributed by atoms with Crippen LogP contribution < -0.4 is 19.5 Å². The summed E-state index contributed by atoms with van der Waals surface area (Å²) in [7, 11) is 4.99. The van der Waals surface area contributed by atoms with Crippen molar-refractivity contribution < 1.29 is 14.2 Å². The van der Waals surface area contributed by atoms with Crippen LogP contribution in [0.25, 0.3) is 0 Å². The first kappa shape index (κ1) is 21.6. The molecule has 2 fully saturated rings. The number of nitrogens with zero attached hydrogens (tertiary/aromatic N) is 3. The maximum atomic E-state index is 5.57. The highest BCUT2D eigenvalue weighted by Gasteiger charge is 2.30. The lowest BCUT2D eigenvalue weighted by molar-refractivity contribution is 0.249. The van der Waals surface area contributed by atoms with Crippen molar-refractivity contribution >= 4 is 5.96 Å². The molecule has 0 aromatic heterocycles. The smallest absolute Gasteiger partial charge is 0.193 e. The number of benzene rings is 1. The summed E-state index contributed by atoms with van der Waals surface area (Å²) in [5, 5.41) is 3.47. The highest BCUT2D eigenvalue weighted by atomic mass is 16.5. The number of ether oxygens (including phenoxy) is 3. The number of hydrogen-bond acceptors (Lipinski definition) is 5. The topological polar surface area (TPSA) is 58.6 Å². The molecule has 29 heavy (non-hydrogen) atoms. The van der Waals surface area contributed by atoms with E-state index in [2.05, 4.69) is 22.0 Å². The number of nitrogens with one attached hydrogen (secondary N) is 1. The van der Waals surface area contributed by atoms with E-state index in [9.17, 15) is 0 Å². The molecule has 1 unspecified atom stereocenters. The molecule has 3 rings (SSSR count). The van der Waals surface area contributed by atoms with Gasteiger partial charge in [-0.3, -0.25) is 9.89 Å². The standard InChI is InChI=1S/C22H36N4O3/c1-5-23-22(26-13-9-17(16-26)25-11-6-7-12-25)24-10-8-19-20(28-3)14-18(27-2)15-21(19)29-4/h14-15,17H,5-13,16H2,1-4H3,(H,23,24). The Balaban J connectivity index is 1.67. The Kier molecular flexibility index (Phi) is 7.86. The second-order valence-corrected chi connectivity index (χ2v) is 7.63. The molecule has 0 saturated carbocycles. The minimum Gasteiger partial charge on any atom is -0.496 e. The van der Waals surface area contributed by atoms with E-state index in [1.54, 1.807) is 21.3 Å². The van der Waals surface area contributed by atoms with Gasteiger partial charge >= 0.3 is 0 Å². The molecular formula is C22H36N4O3. The molecule has 0 radical (unpaired) electrons. The lowest BCUT2D eigenvalue weighted by atomic mass is 10.1. The molecule has 1 aromatic carbocycles. The van der Waals surface area contributed by atoms with E-state index >= 15 is 0 Å². The second-order valence-electron chi connectivity index (χ2n) is 7.63. The molecule has 1 aromatic rings. The van der Waals surface area contributed by atoms with Crippen LogP contribution in [0.1, 0.15) is 31.7 Å². The summed E-state index contributed by atoms with van der Waals surface area (Å²) in [5.41, 5.74) is 1.02. The SMILES string of the molecule is CCNC(=NCCc1c(OC)cc(OC)cc1OC)N1CCC(N2CCCC2)C1. The normalized spacial score (nSPS) is 20.2. The van der Waals surface area contributed by atoms with Crippen molar-refractivity contribution in [2.75, 3.05) is 60.6 Å². The average molecular weight is 405 g/mol. The van der Waals surface area contributed by atoms with Gasteiger partial charge in [0.2, 0.25) is 0 Å². The number of likely N-dealkylation sites (tertiary alicyclic amines) is 2. The molecule has 162 valence electrons. The predicted molar refractivity (Wildman–Crippen MR) is 117 cm³/mol. The Morgan fingerprint density at radius 1 is 1.07 bits per heavy atom. The van der Waals surface area contributed by atoms with Crippen LogP contribution in [-0.2, 0) is 6.42 Å². The highest BCUT2D eigenvalue weighted by Crippen LogP contribution is 2.34. The molecule has 2 saturated heterocycles. The van der Waals surface area contributed by atoms with Crippen molar-refractivity contribution in [3.8, 4) is 17.2 Å². The van der Waals surface area contributed by atoms with E-state index < -0.39 is 0 Å². The van der Waals surface area contributed by atoms with Gasteiger partial charge in [-0.1, -0.05) is 0 Å². The highest BCUT2D eigenvalue weighted by molar-refractivity contribution is 5.80. The van der Waals surface area contributed by atoms with E-state index in [0.29, 0.717) is 12.6 Å². The molecule has 2 aliphatic heterocycles. The fourth-order valence-corrected chi connectivity index (χ4v) is 4.36. The number of methoxy groups -OCH3 is 3. The zero-order valence-corrected chi connectivity index (χ0v) is 18.4. The van der Waals surface area contributed by atoms with Crippen LogP contribution >= 0.6 is 0 Å². The summed E-state index contributed by atoms with van der Waals surface area (Å²) in [6.45, 7) is 8.32. The van der Waals surface area contributed by atoms with Crippen molar-refractivity contribution in [1.29, 1.82) is 0 Å². The second kappa shape index (κ2) is 10.6. The summed E-state index contributed by atoms with van der Waals surface area (Å²) in [6.07, 6.45) is 4.66. The quantitative estimate of drug-likeness (QED) is 0.530. The summed E-state index contributed by atoms with van der Waals surface area (Å²) in [5.74, 6) is 3.29. The van der Waals surface area contributed by atoms with Crippen molar-refractivity contribution in [3.05, 3.63) is 17.7 Å². The maximum Gasteiger partial charge on any atom is 0.193 e. The summed E-state index contributed by atoms with van der Waals surface area (Å²) < 4.78 is 16.5. The van der Waals surface area contributed by atoms with Gasteiger partial charge in [-0.25, -0.2) is 0 Å². The monoisotopic (exact) mass is 404 g/mol. The third-order valence-corrected chi connectivity index (χ3v) is 5.90. The van der Waals surface area contributed by atoms with Gasteiger partial charge in [-0.05, 0) is 45.7 Å². The van der Waals surface area contributed by atoms with Crippen LogP contribution in [0.2, 0.25) is 0 Å². The summed E-state index contributed by atoms with van der Waals surface area (Å²) in [4.78, 5) is 9.98. The summed E-state index contributed by atoms with van der Waals surface area (Å²) in [6, 6.07) is 4.46. The summed E-state index contributed by atoms with van der Waals surface area (Å²) >= 11 is 0. The van der Waals surface area contributed by atoms with Gasteiger partial charge < -0.3 is 24.4 Å². The van der Waals surface area contributed by atoms with Crippen molar-refractivity contribution in [3.63, 3.8) is 0 Å². The predicted octanol–water partition coefficient (Wildman–Crippen LogP) is 2.39. The third kappa shape index (κ3) is 5.26. The van der Waals surface area contributed by atoms with Crippen LogP contribution in [0, 0.1) is 0 Å². The minimum absolute atomic E-state index is 0.670. The lowest BCUT2D eigenvalue weighted by Crippen LogP contribution is -2.42. The molecular weight excluding hydrogens is 368 g/mol. The average Bonchev–Trinajstić information content (AvgIpc) is 3.44. The Morgan fingerprint density at radius 2 is 1.76 bits per heavy atom. The van der Waals surface area contributed by atoms with Gasteiger partial charge in [-0.2, -0.15) is 0 Å². The fraction of sp³-hybridized carbons (Fsp3) is 0.682. The Hall–Kier alpha value is -2.15. The molecule has 0 spiro atoms. The molecule has 7 nitrogen and oxygen atoms in total. The molecule has 0 aliphatic carbocycles. The van der Waals surface area contributed by atoms with Crippen molar-refractivity contribution in [1.82, 2.24) is 15.1 Å².